The van der Waals surface area contributed by atoms with Crippen molar-refractivity contribution in [3.05, 3.63) is 42.0 Å². The van der Waals surface area contributed by atoms with Crippen LogP contribution >= 0.6 is 25.3 Å². The number of hydrogen-bond acceptors (Lipinski definition) is 5. The zero-order valence-corrected chi connectivity index (χ0v) is 10.3. The largest absolute Gasteiger partial charge is 0.216 e. The Hall–Kier alpha value is -1.07. The van der Waals surface area contributed by atoms with E-state index in [0.717, 1.165) is 5.56 Å². The van der Waals surface area contributed by atoms with Crippen LogP contribution in [0.2, 0.25) is 0 Å². The van der Waals surface area contributed by atoms with E-state index < -0.39 is 0 Å². The summed E-state index contributed by atoms with van der Waals surface area (Å²) in [5, 5.41) is 0. The van der Waals surface area contributed by atoms with Crippen molar-refractivity contribution in [1.29, 1.82) is 0 Å². The molecule has 0 radical (unpaired) electrons. The van der Waals surface area contributed by atoms with E-state index in [-0.39, 0.29) is 0 Å². The third-order valence-corrected chi connectivity index (χ3v) is 2.61. The van der Waals surface area contributed by atoms with Gasteiger partial charge in [-0.2, -0.15) is 25.3 Å². The van der Waals surface area contributed by atoms with Crippen LogP contribution in [0.5, 0.6) is 0 Å². The van der Waals surface area contributed by atoms with E-state index in [2.05, 4.69) is 40.2 Å². The van der Waals surface area contributed by atoms with Gasteiger partial charge in [0.25, 0.3) is 0 Å². The molecule has 0 saturated heterocycles. The van der Waals surface area contributed by atoms with E-state index in [0.29, 0.717) is 29.0 Å². The monoisotopic (exact) mass is 249 g/mol. The lowest BCUT2D eigenvalue weighted by Gasteiger charge is -2.04. The van der Waals surface area contributed by atoms with Gasteiger partial charge in [-0.1, -0.05) is 30.3 Å². The molecular formula is C11H11N3S2. The number of aromatic nitrogens is 3. The molecular weight excluding hydrogens is 238 g/mol. The Bertz CT molecular complexity index is 452. The zero-order valence-electron chi connectivity index (χ0n) is 8.54. The summed E-state index contributed by atoms with van der Waals surface area (Å²) in [6.07, 6.45) is 0. The molecule has 2 rings (SSSR count). The first-order valence-electron chi connectivity index (χ1n) is 4.84. The molecule has 0 bridgehead atoms. The fourth-order valence-corrected chi connectivity index (χ4v) is 1.61. The second-order valence-electron chi connectivity index (χ2n) is 3.17. The Morgan fingerprint density at radius 1 is 0.812 bits per heavy atom. The SMILES string of the molecule is SCc1nc(CS)nc(-c2ccccc2)n1. The first-order chi connectivity index (χ1) is 7.83. The molecule has 3 nitrogen and oxygen atoms in total. The van der Waals surface area contributed by atoms with Gasteiger partial charge in [-0.25, -0.2) is 15.0 Å². The number of benzene rings is 1. The molecule has 16 heavy (non-hydrogen) atoms. The van der Waals surface area contributed by atoms with Gasteiger partial charge in [-0.3, -0.25) is 0 Å². The summed E-state index contributed by atoms with van der Waals surface area (Å²) >= 11 is 8.36. The van der Waals surface area contributed by atoms with Crippen molar-refractivity contribution >= 4 is 25.3 Å². The van der Waals surface area contributed by atoms with Crippen molar-refractivity contribution in [1.82, 2.24) is 15.0 Å². The molecule has 5 heteroatoms. The van der Waals surface area contributed by atoms with Crippen LogP contribution in [-0.4, -0.2) is 15.0 Å². The van der Waals surface area contributed by atoms with E-state index in [1.54, 1.807) is 0 Å². The molecule has 2 aromatic rings. The van der Waals surface area contributed by atoms with Crippen LogP contribution in [0.1, 0.15) is 11.6 Å². The standard InChI is InChI=1S/C11H11N3S2/c15-6-9-12-10(7-16)14-11(13-9)8-4-2-1-3-5-8/h1-5,15-16H,6-7H2. The molecule has 0 fully saturated rings. The van der Waals surface area contributed by atoms with Crippen LogP contribution in [0.3, 0.4) is 0 Å². The molecule has 0 spiro atoms. The Kier molecular flexibility index (Phi) is 3.79. The van der Waals surface area contributed by atoms with Crippen LogP contribution in [0.25, 0.3) is 11.4 Å². The minimum absolute atomic E-state index is 0.503. The zero-order chi connectivity index (χ0) is 11.4. The Balaban J connectivity index is 2.48. The molecule has 0 aliphatic rings. The summed E-state index contributed by atoms with van der Waals surface area (Å²) in [4.78, 5) is 12.9. The maximum absolute atomic E-state index is 4.34. The minimum Gasteiger partial charge on any atom is -0.216 e. The highest BCUT2D eigenvalue weighted by molar-refractivity contribution is 7.79. The van der Waals surface area contributed by atoms with Crippen molar-refractivity contribution in [2.45, 2.75) is 11.5 Å². The lowest BCUT2D eigenvalue weighted by molar-refractivity contribution is 0.913. The third-order valence-electron chi connectivity index (χ3n) is 2.04. The molecule has 1 heterocycles. The fourth-order valence-electron chi connectivity index (χ4n) is 1.33. The van der Waals surface area contributed by atoms with Gasteiger partial charge in [0.2, 0.25) is 0 Å². The lowest BCUT2D eigenvalue weighted by Crippen LogP contribution is -2.02. The van der Waals surface area contributed by atoms with E-state index in [1.165, 1.54) is 0 Å². The number of hydrogen-bond donors (Lipinski definition) is 2. The van der Waals surface area contributed by atoms with E-state index in [1.807, 2.05) is 30.3 Å². The summed E-state index contributed by atoms with van der Waals surface area (Å²) in [6, 6.07) is 9.82. The normalized spacial score (nSPS) is 10.4. The van der Waals surface area contributed by atoms with Gasteiger partial charge in [0.15, 0.2) is 5.82 Å². The molecule has 0 N–H and O–H groups in total. The van der Waals surface area contributed by atoms with E-state index in [9.17, 15) is 0 Å². The maximum Gasteiger partial charge on any atom is 0.163 e. The smallest absolute Gasteiger partial charge is 0.163 e. The van der Waals surface area contributed by atoms with Gasteiger partial charge in [0, 0.05) is 5.56 Å². The molecule has 1 aromatic heterocycles. The van der Waals surface area contributed by atoms with Crippen LogP contribution in [0, 0.1) is 0 Å². The maximum atomic E-state index is 4.34. The van der Waals surface area contributed by atoms with Crippen molar-refractivity contribution in [2.24, 2.45) is 0 Å². The third kappa shape index (κ3) is 2.54. The van der Waals surface area contributed by atoms with Gasteiger partial charge < -0.3 is 0 Å². The number of rotatable bonds is 3. The highest BCUT2D eigenvalue weighted by Gasteiger charge is 2.06. The van der Waals surface area contributed by atoms with E-state index >= 15 is 0 Å². The molecule has 0 aliphatic carbocycles. The first-order valence-corrected chi connectivity index (χ1v) is 6.11. The van der Waals surface area contributed by atoms with Crippen LogP contribution in [0.4, 0.5) is 0 Å². The number of nitrogens with zero attached hydrogens (tertiary/aromatic N) is 3. The molecule has 0 aliphatic heterocycles. The molecule has 82 valence electrons. The molecule has 0 atom stereocenters. The molecule has 0 unspecified atom stereocenters. The molecule has 0 saturated carbocycles. The second-order valence-corrected chi connectivity index (χ2v) is 3.81. The average Bonchev–Trinajstić information content (AvgIpc) is 2.39. The average molecular weight is 249 g/mol. The quantitative estimate of drug-likeness (QED) is 0.820. The predicted molar refractivity (Wildman–Crippen MR) is 70.6 cm³/mol. The van der Waals surface area contributed by atoms with Gasteiger partial charge in [-0.15, -0.1) is 0 Å². The summed E-state index contributed by atoms with van der Waals surface area (Å²) in [7, 11) is 0. The first kappa shape index (κ1) is 11.4. The van der Waals surface area contributed by atoms with Crippen LogP contribution in [-0.2, 0) is 11.5 Å². The fraction of sp³-hybridized carbons (Fsp3) is 0.182. The van der Waals surface area contributed by atoms with Gasteiger partial charge in [0.05, 0.1) is 11.5 Å². The van der Waals surface area contributed by atoms with Gasteiger partial charge in [-0.05, 0) is 0 Å². The Labute approximate surface area is 105 Å². The molecule has 1 aromatic carbocycles. The van der Waals surface area contributed by atoms with E-state index in [4.69, 9.17) is 0 Å². The summed E-state index contributed by atoms with van der Waals surface area (Å²) in [5.74, 6) is 3.05. The van der Waals surface area contributed by atoms with Crippen molar-refractivity contribution in [2.75, 3.05) is 0 Å². The topological polar surface area (TPSA) is 38.7 Å². The van der Waals surface area contributed by atoms with Crippen molar-refractivity contribution in [3.8, 4) is 11.4 Å². The van der Waals surface area contributed by atoms with Gasteiger partial charge >= 0.3 is 0 Å². The highest BCUT2D eigenvalue weighted by Crippen LogP contribution is 2.15. The van der Waals surface area contributed by atoms with Crippen LogP contribution in [0.15, 0.2) is 30.3 Å². The van der Waals surface area contributed by atoms with Gasteiger partial charge in [0.1, 0.15) is 11.6 Å². The summed E-state index contributed by atoms with van der Waals surface area (Å²) < 4.78 is 0. The van der Waals surface area contributed by atoms with Crippen molar-refractivity contribution in [3.63, 3.8) is 0 Å². The molecule has 0 amide bonds. The highest BCUT2D eigenvalue weighted by atomic mass is 32.1. The Morgan fingerprint density at radius 2 is 1.38 bits per heavy atom. The Morgan fingerprint density at radius 3 is 1.88 bits per heavy atom. The second kappa shape index (κ2) is 5.32. The van der Waals surface area contributed by atoms with Crippen LogP contribution < -0.4 is 0 Å². The minimum atomic E-state index is 0.503. The van der Waals surface area contributed by atoms with Crippen molar-refractivity contribution < 1.29 is 0 Å². The predicted octanol–water partition coefficient (Wildman–Crippen LogP) is 2.40. The number of thiol groups is 2. The summed E-state index contributed by atoms with van der Waals surface area (Å²) in [6.45, 7) is 0. The lowest BCUT2D eigenvalue weighted by atomic mass is 10.2. The summed E-state index contributed by atoms with van der Waals surface area (Å²) in [5.41, 5.74) is 0.982.